The number of hydrogen-bond donors (Lipinski definition) is 2. The van der Waals surface area contributed by atoms with Gasteiger partial charge in [-0.3, -0.25) is 11.3 Å². The molecule has 0 aliphatic rings. The molecule has 0 radical (unpaired) electrons. The minimum absolute atomic E-state index is 0.363. The van der Waals surface area contributed by atoms with E-state index in [-0.39, 0.29) is 0 Å². The van der Waals surface area contributed by atoms with Crippen molar-refractivity contribution in [1.29, 1.82) is 0 Å². The van der Waals surface area contributed by atoms with Crippen LogP contribution in [-0.4, -0.2) is 12.6 Å². The third kappa shape index (κ3) is 7.19. The molecule has 0 fully saturated rings. The van der Waals surface area contributed by atoms with Crippen LogP contribution in [0.1, 0.15) is 51.0 Å². The minimum Gasteiger partial charge on any atom is -0.494 e. The first kappa shape index (κ1) is 16.0. The van der Waals surface area contributed by atoms with Crippen molar-refractivity contribution >= 4 is 0 Å². The molecular weight excluding hydrogens is 236 g/mol. The molecule has 19 heavy (non-hydrogen) atoms. The Kier molecular flexibility index (Phi) is 8.26. The van der Waals surface area contributed by atoms with E-state index in [0.717, 1.165) is 18.6 Å². The van der Waals surface area contributed by atoms with Gasteiger partial charge in [0.1, 0.15) is 5.75 Å². The number of aryl methyl sites for hydroxylation is 1. The second-order valence-electron chi connectivity index (χ2n) is 5.17. The summed E-state index contributed by atoms with van der Waals surface area (Å²) < 4.78 is 5.75. The molecule has 1 unspecified atom stereocenters. The zero-order valence-corrected chi connectivity index (χ0v) is 12.3. The molecule has 3 nitrogen and oxygen atoms in total. The fraction of sp³-hybridized carbons (Fsp3) is 0.625. The third-order valence-electron chi connectivity index (χ3n) is 3.37. The summed E-state index contributed by atoms with van der Waals surface area (Å²) in [5.74, 6) is 6.53. The minimum atomic E-state index is 0.363. The van der Waals surface area contributed by atoms with Gasteiger partial charge >= 0.3 is 0 Å². The van der Waals surface area contributed by atoms with Crippen LogP contribution in [0.25, 0.3) is 0 Å². The van der Waals surface area contributed by atoms with Crippen LogP contribution in [0.4, 0.5) is 0 Å². The van der Waals surface area contributed by atoms with E-state index in [1.807, 2.05) is 12.1 Å². The second kappa shape index (κ2) is 9.82. The quantitative estimate of drug-likeness (QED) is 0.386. The molecular formula is C16H28N2O. The molecule has 0 saturated carbocycles. The van der Waals surface area contributed by atoms with Gasteiger partial charge in [0.15, 0.2) is 0 Å². The van der Waals surface area contributed by atoms with Gasteiger partial charge < -0.3 is 4.74 Å². The molecule has 1 aromatic carbocycles. The molecule has 0 aliphatic carbocycles. The number of nitrogens with two attached hydrogens (primary N) is 1. The fourth-order valence-electron chi connectivity index (χ4n) is 2.15. The highest BCUT2D eigenvalue weighted by atomic mass is 16.5. The van der Waals surface area contributed by atoms with Crippen molar-refractivity contribution in [1.82, 2.24) is 5.43 Å². The Balaban J connectivity index is 2.18. The topological polar surface area (TPSA) is 47.3 Å². The van der Waals surface area contributed by atoms with Crippen molar-refractivity contribution in [2.75, 3.05) is 6.61 Å². The van der Waals surface area contributed by atoms with E-state index in [4.69, 9.17) is 10.6 Å². The van der Waals surface area contributed by atoms with Crippen LogP contribution in [0.5, 0.6) is 5.75 Å². The van der Waals surface area contributed by atoms with Gasteiger partial charge in [-0.1, -0.05) is 44.7 Å². The summed E-state index contributed by atoms with van der Waals surface area (Å²) in [6.07, 6.45) is 7.22. The largest absolute Gasteiger partial charge is 0.494 e. The lowest BCUT2D eigenvalue weighted by molar-refractivity contribution is 0.279. The molecule has 1 atom stereocenters. The number of benzene rings is 1. The maximum atomic E-state index is 5.75. The molecule has 0 saturated heterocycles. The van der Waals surface area contributed by atoms with Gasteiger partial charge in [0.05, 0.1) is 6.61 Å². The van der Waals surface area contributed by atoms with Crippen LogP contribution in [-0.2, 0) is 0 Å². The highest BCUT2D eigenvalue weighted by Crippen LogP contribution is 2.13. The average Bonchev–Trinajstić information content (AvgIpc) is 2.41. The predicted octanol–water partition coefficient (Wildman–Crippen LogP) is 3.57. The zero-order valence-electron chi connectivity index (χ0n) is 12.3. The summed E-state index contributed by atoms with van der Waals surface area (Å²) in [6, 6.07) is 8.52. The van der Waals surface area contributed by atoms with E-state index >= 15 is 0 Å². The highest BCUT2D eigenvalue weighted by Gasteiger charge is 2.06. The van der Waals surface area contributed by atoms with Crippen molar-refractivity contribution in [3.05, 3.63) is 29.8 Å². The highest BCUT2D eigenvalue weighted by molar-refractivity contribution is 5.27. The molecule has 1 rings (SSSR count). The molecule has 0 heterocycles. The lowest BCUT2D eigenvalue weighted by Crippen LogP contribution is -2.36. The van der Waals surface area contributed by atoms with Crippen LogP contribution in [0.2, 0.25) is 0 Å². The van der Waals surface area contributed by atoms with Crippen LogP contribution in [0.3, 0.4) is 0 Å². The lowest BCUT2D eigenvalue weighted by Gasteiger charge is -2.16. The third-order valence-corrected chi connectivity index (χ3v) is 3.37. The summed E-state index contributed by atoms with van der Waals surface area (Å²) in [6.45, 7) is 5.02. The van der Waals surface area contributed by atoms with E-state index in [0.29, 0.717) is 12.6 Å². The van der Waals surface area contributed by atoms with Gasteiger partial charge in [-0.2, -0.15) is 0 Å². The molecule has 1 aromatic rings. The normalized spacial score (nSPS) is 12.4. The van der Waals surface area contributed by atoms with Gasteiger partial charge in [0, 0.05) is 6.04 Å². The first-order chi connectivity index (χ1) is 9.26. The molecule has 0 aromatic heterocycles. The number of rotatable bonds is 10. The number of hydrazine groups is 1. The average molecular weight is 264 g/mol. The smallest absolute Gasteiger partial charge is 0.119 e. The Labute approximate surface area is 117 Å². The maximum Gasteiger partial charge on any atom is 0.119 e. The lowest BCUT2D eigenvalue weighted by atomic mass is 10.1. The molecule has 0 bridgehead atoms. The standard InChI is InChI=1S/C16H28N2O/c1-3-4-5-6-9-15(18-17)11-12-19-16-10-7-8-14(2)13-16/h7-8,10,13,15,18H,3-6,9,11-12,17H2,1-2H3. The molecule has 108 valence electrons. The van der Waals surface area contributed by atoms with Crippen LogP contribution in [0, 0.1) is 6.92 Å². The van der Waals surface area contributed by atoms with Crippen molar-refractivity contribution < 1.29 is 4.74 Å². The SMILES string of the molecule is CCCCCCC(CCOc1cccc(C)c1)NN. The zero-order chi connectivity index (χ0) is 13.9. The van der Waals surface area contributed by atoms with E-state index in [1.165, 1.54) is 31.2 Å². The number of nitrogens with one attached hydrogen (secondary N) is 1. The monoisotopic (exact) mass is 264 g/mol. The van der Waals surface area contributed by atoms with Crippen LogP contribution >= 0.6 is 0 Å². The van der Waals surface area contributed by atoms with Crippen molar-refractivity contribution in [2.45, 2.75) is 58.4 Å². The van der Waals surface area contributed by atoms with E-state index < -0.39 is 0 Å². The van der Waals surface area contributed by atoms with Crippen molar-refractivity contribution in [2.24, 2.45) is 5.84 Å². The fourth-order valence-corrected chi connectivity index (χ4v) is 2.15. The van der Waals surface area contributed by atoms with Gasteiger partial charge in [-0.15, -0.1) is 0 Å². The predicted molar refractivity (Wildman–Crippen MR) is 81.2 cm³/mol. The van der Waals surface area contributed by atoms with Crippen molar-refractivity contribution in [3.8, 4) is 5.75 Å². The van der Waals surface area contributed by atoms with Gasteiger partial charge in [0.25, 0.3) is 0 Å². The maximum absolute atomic E-state index is 5.75. The first-order valence-electron chi connectivity index (χ1n) is 7.42. The Morgan fingerprint density at radius 3 is 2.74 bits per heavy atom. The molecule has 0 spiro atoms. The van der Waals surface area contributed by atoms with E-state index in [1.54, 1.807) is 0 Å². The summed E-state index contributed by atoms with van der Waals surface area (Å²) in [5.41, 5.74) is 4.12. The first-order valence-corrected chi connectivity index (χ1v) is 7.42. The number of ether oxygens (including phenoxy) is 1. The van der Waals surface area contributed by atoms with Crippen LogP contribution in [0.15, 0.2) is 24.3 Å². The summed E-state index contributed by atoms with van der Waals surface area (Å²) in [4.78, 5) is 0. The summed E-state index contributed by atoms with van der Waals surface area (Å²) in [7, 11) is 0. The summed E-state index contributed by atoms with van der Waals surface area (Å²) >= 11 is 0. The Bertz CT molecular complexity index is 341. The number of hydrogen-bond acceptors (Lipinski definition) is 3. The van der Waals surface area contributed by atoms with E-state index in [2.05, 4.69) is 31.4 Å². The van der Waals surface area contributed by atoms with Crippen molar-refractivity contribution in [3.63, 3.8) is 0 Å². The molecule has 0 aliphatic heterocycles. The van der Waals surface area contributed by atoms with Gasteiger partial charge in [-0.25, -0.2) is 0 Å². The Morgan fingerprint density at radius 1 is 1.21 bits per heavy atom. The van der Waals surface area contributed by atoms with Gasteiger partial charge in [-0.05, 0) is 37.5 Å². The van der Waals surface area contributed by atoms with E-state index in [9.17, 15) is 0 Å². The second-order valence-corrected chi connectivity index (χ2v) is 5.17. The van der Waals surface area contributed by atoms with Crippen LogP contribution < -0.4 is 16.0 Å². The number of unbranched alkanes of at least 4 members (excludes halogenated alkanes) is 3. The molecule has 3 N–H and O–H groups in total. The molecule has 3 heteroatoms. The Hall–Kier alpha value is -1.06. The summed E-state index contributed by atoms with van der Waals surface area (Å²) in [5, 5.41) is 0. The molecule has 0 amide bonds. The van der Waals surface area contributed by atoms with Gasteiger partial charge in [0.2, 0.25) is 0 Å². The Morgan fingerprint density at radius 2 is 2.05 bits per heavy atom.